The molecule has 0 rings (SSSR count). The van der Waals surface area contributed by atoms with Gasteiger partial charge in [-0.2, -0.15) is 0 Å². The zero-order chi connectivity index (χ0) is 18.0. The number of nitrogens with one attached hydrogen (secondary N) is 1. The van der Waals surface area contributed by atoms with Crippen LogP contribution < -0.4 is 5.32 Å². The Bertz CT molecular complexity index is 393. The molecule has 0 saturated carbocycles. The van der Waals surface area contributed by atoms with Crippen LogP contribution in [0.5, 0.6) is 0 Å². The van der Waals surface area contributed by atoms with Crippen LogP contribution in [0.4, 0.5) is 0 Å². The molecule has 0 aromatic rings. The highest BCUT2D eigenvalue weighted by Gasteiger charge is 2.04. The first-order valence-electron chi connectivity index (χ1n) is 8.83. The van der Waals surface area contributed by atoms with E-state index in [1.807, 2.05) is 0 Å². The summed E-state index contributed by atoms with van der Waals surface area (Å²) in [5.74, 6) is -1.68. The number of carboxylic acid groups (broad SMARTS) is 2. The van der Waals surface area contributed by atoms with Crippen molar-refractivity contribution in [2.75, 3.05) is 13.1 Å². The SMILES string of the molecule is O=C(O)CCC(=O)CCCCCCC=CCCCCNCC(=O)O. The number of unbranched alkanes of at least 4 members (excludes halogenated alkanes) is 6. The molecule has 0 atom stereocenters. The zero-order valence-electron chi connectivity index (χ0n) is 14.5. The highest BCUT2D eigenvalue weighted by atomic mass is 16.4. The third kappa shape index (κ3) is 18.4. The van der Waals surface area contributed by atoms with Crippen molar-refractivity contribution in [1.29, 1.82) is 0 Å². The van der Waals surface area contributed by atoms with Crippen LogP contribution in [0.1, 0.15) is 70.6 Å². The van der Waals surface area contributed by atoms with Gasteiger partial charge < -0.3 is 15.5 Å². The molecule has 0 aliphatic carbocycles. The highest BCUT2D eigenvalue weighted by molar-refractivity contribution is 5.82. The number of aliphatic carboxylic acids is 2. The van der Waals surface area contributed by atoms with Gasteiger partial charge in [0.1, 0.15) is 5.78 Å². The van der Waals surface area contributed by atoms with Crippen molar-refractivity contribution in [2.24, 2.45) is 0 Å². The summed E-state index contributed by atoms with van der Waals surface area (Å²) < 4.78 is 0. The van der Waals surface area contributed by atoms with Gasteiger partial charge >= 0.3 is 11.9 Å². The fourth-order valence-corrected chi connectivity index (χ4v) is 2.25. The highest BCUT2D eigenvalue weighted by Crippen LogP contribution is 2.08. The molecule has 0 aliphatic heterocycles. The van der Waals surface area contributed by atoms with Crippen molar-refractivity contribution in [1.82, 2.24) is 5.32 Å². The fourth-order valence-electron chi connectivity index (χ4n) is 2.25. The molecule has 0 spiro atoms. The van der Waals surface area contributed by atoms with Gasteiger partial charge in [0, 0.05) is 12.8 Å². The summed E-state index contributed by atoms with van der Waals surface area (Å²) in [5.41, 5.74) is 0. The minimum atomic E-state index is -0.910. The van der Waals surface area contributed by atoms with E-state index in [1.54, 1.807) is 0 Å². The number of carbonyl (C=O) groups excluding carboxylic acids is 1. The van der Waals surface area contributed by atoms with E-state index in [0.717, 1.165) is 57.9 Å². The lowest BCUT2D eigenvalue weighted by Gasteiger charge is -2.00. The second kappa shape index (κ2) is 16.2. The minimum Gasteiger partial charge on any atom is -0.481 e. The number of allylic oxidation sites excluding steroid dienone is 2. The van der Waals surface area contributed by atoms with E-state index in [0.29, 0.717) is 6.42 Å². The second-order valence-electron chi connectivity index (χ2n) is 5.92. The van der Waals surface area contributed by atoms with Gasteiger partial charge in [-0.05, 0) is 45.1 Å². The number of hydrogen-bond donors (Lipinski definition) is 3. The second-order valence-corrected chi connectivity index (χ2v) is 5.92. The fraction of sp³-hybridized carbons (Fsp3) is 0.722. The molecule has 0 saturated heterocycles. The van der Waals surface area contributed by atoms with Gasteiger partial charge in [0.15, 0.2) is 0 Å². The summed E-state index contributed by atoms with van der Waals surface area (Å²) in [6.45, 7) is 0.770. The van der Waals surface area contributed by atoms with Crippen LogP contribution in [0.2, 0.25) is 0 Å². The van der Waals surface area contributed by atoms with E-state index in [1.165, 1.54) is 0 Å². The Morgan fingerprint density at radius 2 is 1.33 bits per heavy atom. The van der Waals surface area contributed by atoms with E-state index in [9.17, 15) is 14.4 Å². The first-order valence-corrected chi connectivity index (χ1v) is 8.83. The summed E-state index contributed by atoms with van der Waals surface area (Å²) in [7, 11) is 0. The van der Waals surface area contributed by atoms with Crippen molar-refractivity contribution in [3.63, 3.8) is 0 Å². The van der Waals surface area contributed by atoms with Crippen molar-refractivity contribution in [3.8, 4) is 0 Å². The number of carbonyl (C=O) groups is 3. The average Bonchev–Trinajstić information content (AvgIpc) is 2.52. The van der Waals surface area contributed by atoms with Crippen LogP contribution >= 0.6 is 0 Å². The first-order chi connectivity index (χ1) is 11.5. The maximum Gasteiger partial charge on any atom is 0.317 e. The Balaban J connectivity index is 3.25. The van der Waals surface area contributed by atoms with Crippen LogP contribution in [0, 0.1) is 0 Å². The minimum absolute atomic E-state index is 0.0288. The van der Waals surface area contributed by atoms with E-state index >= 15 is 0 Å². The van der Waals surface area contributed by atoms with Gasteiger partial charge in [0.2, 0.25) is 0 Å². The first kappa shape index (κ1) is 22.3. The third-order valence-corrected chi connectivity index (χ3v) is 3.61. The van der Waals surface area contributed by atoms with Gasteiger partial charge in [-0.1, -0.05) is 25.0 Å². The van der Waals surface area contributed by atoms with E-state index in [-0.39, 0.29) is 25.2 Å². The Labute approximate surface area is 144 Å². The number of carboxylic acids is 2. The molecule has 0 heterocycles. The molecular weight excluding hydrogens is 310 g/mol. The van der Waals surface area contributed by atoms with Crippen LogP contribution in [0.3, 0.4) is 0 Å². The molecular formula is C18H31NO5. The average molecular weight is 341 g/mol. The molecule has 0 aliphatic rings. The molecule has 0 fully saturated rings. The number of Topliss-reactive ketones (excluding diaryl/α,β-unsaturated/α-hetero) is 1. The lowest BCUT2D eigenvalue weighted by Crippen LogP contribution is -2.23. The Morgan fingerprint density at radius 3 is 1.96 bits per heavy atom. The summed E-state index contributed by atoms with van der Waals surface area (Å²) >= 11 is 0. The van der Waals surface area contributed by atoms with Gasteiger partial charge in [-0.15, -0.1) is 0 Å². The smallest absolute Gasteiger partial charge is 0.317 e. The Kier molecular flexibility index (Phi) is 15.0. The van der Waals surface area contributed by atoms with Crippen molar-refractivity contribution in [3.05, 3.63) is 12.2 Å². The molecule has 0 unspecified atom stereocenters. The lowest BCUT2D eigenvalue weighted by atomic mass is 10.1. The molecule has 0 amide bonds. The number of ketones is 1. The van der Waals surface area contributed by atoms with Crippen LogP contribution in [0.25, 0.3) is 0 Å². The predicted octanol–water partition coefficient (Wildman–Crippen LogP) is 3.16. The van der Waals surface area contributed by atoms with Crippen LogP contribution in [-0.4, -0.2) is 41.0 Å². The molecule has 3 N–H and O–H groups in total. The molecule has 6 heteroatoms. The Hall–Kier alpha value is -1.69. The standard InChI is InChI=1S/C18H31NO5/c20-16(12-13-17(21)22)11-9-7-5-3-1-2-4-6-8-10-14-19-15-18(23)24/h2,4,19H,1,3,5-15H2,(H,21,22)(H,23,24). The normalized spacial score (nSPS) is 11.0. The van der Waals surface area contributed by atoms with E-state index in [2.05, 4.69) is 17.5 Å². The van der Waals surface area contributed by atoms with E-state index < -0.39 is 11.9 Å². The van der Waals surface area contributed by atoms with E-state index in [4.69, 9.17) is 10.2 Å². The van der Waals surface area contributed by atoms with Gasteiger partial charge in [-0.25, -0.2) is 0 Å². The van der Waals surface area contributed by atoms with Crippen molar-refractivity contribution in [2.45, 2.75) is 70.6 Å². The molecule has 0 aromatic carbocycles. The lowest BCUT2D eigenvalue weighted by molar-refractivity contribution is -0.138. The Morgan fingerprint density at radius 1 is 0.708 bits per heavy atom. The summed E-state index contributed by atoms with van der Waals surface area (Å²) in [6.07, 6.45) is 13.1. The molecule has 0 radical (unpaired) electrons. The predicted molar refractivity (Wildman–Crippen MR) is 93.1 cm³/mol. The third-order valence-electron chi connectivity index (χ3n) is 3.61. The summed E-state index contributed by atoms with van der Waals surface area (Å²) in [5, 5.41) is 19.8. The summed E-state index contributed by atoms with van der Waals surface area (Å²) in [6, 6.07) is 0. The van der Waals surface area contributed by atoms with Crippen LogP contribution in [0.15, 0.2) is 12.2 Å². The molecule has 0 bridgehead atoms. The number of rotatable bonds is 17. The maximum absolute atomic E-state index is 11.4. The molecule has 6 nitrogen and oxygen atoms in total. The quantitative estimate of drug-likeness (QED) is 0.277. The molecule has 0 aromatic heterocycles. The molecule has 138 valence electrons. The van der Waals surface area contributed by atoms with Gasteiger partial charge in [0.05, 0.1) is 13.0 Å². The topological polar surface area (TPSA) is 104 Å². The summed E-state index contributed by atoms with van der Waals surface area (Å²) in [4.78, 5) is 32.0. The van der Waals surface area contributed by atoms with Gasteiger partial charge in [-0.3, -0.25) is 14.4 Å². The number of hydrogen-bond acceptors (Lipinski definition) is 4. The van der Waals surface area contributed by atoms with Gasteiger partial charge in [0.25, 0.3) is 0 Å². The monoisotopic (exact) mass is 341 g/mol. The maximum atomic E-state index is 11.4. The van der Waals surface area contributed by atoms with Crippen molar-refractivity contribution < 1.29 is 24.6 Å². The zero-order valence-corrected chi connectivity index (χ0v) is 14.5. The van der Waals surface area contributed by atoms with Crippen LogP contribution in [-0.2, 0) is 14.4 Å². The molecule has 24 heavy (non-hydrogen) atoms. The largest absolute Gasteiger partial charge is 0.481 e. The van der Waals surface area contributed by atoms with Crippen molar-refractivity contribution >= 4 is 17.7 Å².